The second-order valence-corrected chi connectivity index (χ2v) is 8.39. The fourth-order valence-electron chi connectivity index (χ4n) is 4.17. The summed E-state index contributed by atoms with van der Waals surface area (Å²) in [5.74, 6) is -0.458. The third kappa shape index (κ3) is 3.63. The van der Waals surface area contributed by atoms with E-state index in [1.165, 1.54) is 21.7 Å². The molecule has 2 saturated heterocycles. The molecule has 0 N–H and O–H groups in total. The van der Waals surface area contributed by atoms with Gasteiger partial charge >= 0.3 is 0 Å². The highest BCUT2D eigenvalue weighted by Gasteiger charge is 2.44. The molecular formula is C22H23Cl2N3O2. The van der Waals surface area contributed by atoms with E-state index in [0.29, 0.717) is 10.7 Å². The van der Waals surface area contributed by atoms with E-state index in [2.05, 4.69) is 41.8 Å². The molecule has 2 heterocycles. The lowest BCUT2D eigenvalue weighted by Gasteiger charge is -2.39. The lowest BCUT2D eigenvalue weighted by atomic mass is 10.1. The maximum absolute atomic E-state index is 13.1. The Hall–Kier alpha value is -2.08. The van der Waals surface area contributed by atoms with E-state index >= 15 is 0 Å². The van der Waals surface area contributed by atoms with Gasteiger partial charge in [-0.15, -0.1) is 0 Å². The summed E-state index contributed by atoms with van der Waals surface area (Å²) in [6.07, 6.45) is 0.172. The fourth-order valence-corrected chi connectivity index (χ4v) is 4.55. The van der Waals surface area contributed by atoms with Crippen LogP contribution in [0.3, 0.4) is 0 Å². The van der Waals surface area contributed by atoms with Gasteiger partial charge in [0, 0.05) is 31.9 Å². The van der Waals surface area contributed by atoms with E-state index in [-0.39, 0.29) is 23.3 Å². The number of carbonyl (C=O) groups excluding carboxylic acids is 2. The van der Waals surface area contributed by atoms with E-state index < -0.39 is 6.04 Å². The van der Waals surface area contributed by atoms with Crippen LogP contribution in [-0.4, -0.2) is 48.9 Å². The van der Waals surface area contributed by atoms with Crippen LogP contribution in [0.1, 0.15) is 17.5 Å². The minimum absolute atomic E-state index is 0.172. The molecule has 2 aromatic rings. The van der Waals surface area contributed by atoms with Gasteiger partial charge in [-0.2, -0.15) is 0 Å². The highest BCUT2D eigenvalue weighted by atomic mass is 35.5. The SMILES string of the molecule is Cc1cccc(N2CCN([C@@H]3CC(=O)N(c4cccc(Cl)c4Cl)C3=O)CC2)c1C. The Morgan fingerprint density at radius 3 is 2.28 bits per heavy atom. The Labute approximate surface area is 180 Å². The lowest BCUT2D eigenvalue weighted by Crippen LogP contribution is -2.52. The molecule has 0 unspecified atom stereocenters. The Morgan fingerprint density at radius 1 is 0.897 bits per heavy atom. The molecule has 2 aliphatic rings. The maximum Gasteiger partial charge on any atom is 0.251 e. The predicted molar refractivity (Wildman–Crippen MR) is 117 cm³/mol. The van der Waals surface area contributed by atoms with Crippen molar-refractivity contribution in [2.45, 2.75) is 26.3 Å². The number of imide groups is 1. The third-order valence-electron chi connectivity index (χ3n) is 5.97. The second-order valence-electron chi connectivity index (χ2n) is 7.60. The predicted octanol–water partition coefficient (Wildman–Crippen LogP) is 4.06. The van der Waals surface area contributed by atoms with Crippen molar-refractivity contribution in [3.63, 3.8) is 0 Å². The van der Waals surface area contributed by atoms with Gasteiger partial charge in [-0.05, 0) is 43.2 Å². The minimum Gasteiger partial charge on any atom is -0.369 e. The molecule has 2 fully saturated rings. The van der Waals surface area contributed by atoms with Crippen molar-refractivity contribution in [3.05, 3.63) is 57.6 Å². The average Bonchev–Trinajstić information content (AvgIpc) is 3.01. The summed E-state index contributed by atoms with van der Waals surface area (Å²) < 4.78 is 0. The van der Waals surface area contributed by atoms with Crippen molar-refractivity contribution in [2.75, 3.05) is 36.0 Å². The number of carbonyl (C=O) groups is 2. The van der Waals surface area contributed by atoms with Crippen LogP contribution in [0.25, 0.3) is 0 Å². The van der Waals surface area contributed by atoms with Crippen LogP contribution in [0.2, 0.25) is 10.0 Å². The highest BCUT2D eigenvalue weighted by Crippen LogP contribution is 2.36. The number of aryl methyl sites for hydroxylation is 1. The molecule has 5 nitrogen and oxygen atoms in total. The fraction of sp³-hybridized carbons (Fsp3) is 0.364. The molecule has 0 radical (unpaired) electrons. The zero-order valence-corrected chi connectivity index (χ0v) is 18.0. The van der Waals surface area contributed by atoms with Crippen LogP contribution in [0.15, 0.2) is 36.4 Å². The topological polar surface area (TPSA) is 43.9 Å². The van der Waals surface area contributed by atoms with E-state index in [4.69, 9.17) is 23.2 Å². The molecule has 4 rings (SSSR count). The number of piperazine rings is 1. The van der Waals surface area contributed by atoms with Crippen LogP contribution < -0.4 is 9.80 Å². The molecule has 2 aromatic carbocycles. The third-order valence-corrected chi connectivity index (χ3v) is 6.78. The molecule has 0 aliphatic carbocycles. The molecule has 152 valence electrons. The number of amides is 2. The Morgan fingerprint density at radius 2 is 1.55 bits per heavy atom. The van der Waals surface area contributed by atoms with E-state index in [1.54, 1.807) is 18.2 Å². The van der Waals surface area contributed by atoms with Crippen LogP contribution in [0, 0.1) is 13.8 Å². The zero-order valence-electron chi connectivity index (χ0n) is 16.5. The number of rotatable bonds is 3. The minimum atomic E-state index is -0.446. The molecule has 0 bridgehead atoms. The number of hydrogen-bond donors (Lipinski definition) is 0. The summed E-state index contributed by atoms with van der Waals surface area (Å²) in [6, 6.07) is 10.9. The van der Waals surface area contributed by atoms with Gasteiger partial charge in [0.1, 0.15) is 0 Å². The Bertz CT molecular complexity index is 971. The maximum atomic E-state index is 13.1. The van der Waals surface area contributed by atoms with Crippen LogP contribution >= 0.6 is 23.2 Å². The number of halogens is 2. The Kier molecular flexibility index (Phi) is 5.56. The average molecular weight is 432 g/mol. The molecule has 7 heteroatoms. The van der Waals surface area contributed by atoms with Crippen molar-refractivity contribution in [1.29, 1.82) is 0 Å². The van der Waals surface area contributed by atoms with Crippen LogP contribution in [-0.2, 0) is 9.59 Å². The molecule has 29 heavy (non-hydrogen) atoms. The van der Waals surface area contributed by atoms with E-state index in [9.17, 15) is 9.59 Å². The normalized spacial score (nSPS) is 20.6. The number of benzene rings is 2. The number of nitrogens with zero attached hydrogens (tertiary/aromatic N) is 3. The molecule has 0 aromatic heterocycles. The summed E-state index contributed by atoms with van der Waals surface area (Å²) >= 11 is 12.3. The summed E-state index contributed by atoms with van der Waals surface area (Å²) in [7, 11) is 0. The summed E-state index contributed by atoms with van der Waals surface area (Å²) in [4.78, 5) is 31.4. The van der Waals surface area contributed by atoms with Crippen molar-refractivity contribution in [2.24, 2.45) is 0 Å². The van der Waals surface area contributed by atoms with Gasteiger partial charge in [0.05, 0.1) is 28.2 Å². The van der Waals surface area contributed by atoms with Crippen molar-refractivity contribution in [3.8, 4) is 0 Å². The molecule has 2 aliphatic heterocycles. The first kappa shape index (κ1) is 20.2. The molecule has 2 amide bonds. The van der Waals surface area contributed by atoms with Crippen LogP contribution in [0.5, 0.6) is 0 Å². The van der Waals surface area contributed by atoms with Crippen molar-refractivity contribution >= 4 is 46.4 Å². The molecular weight excluding hydrogens is 409 g/mol. The van der Waals surface area contributed by atoms with Gasteiger partial charge in [0.15, 0.2) is 0 Å². The van der Waals surface area contributed by atoms with Gasteiger partial charge < -0.3 is 4.90 Å². The van der Waals surface area contributed by atoms with Gasteiger partial charge in [0.2, 0.25) is 5.91 Å². The first-order valence-corrected chi connectivity index (χ1v) is 10.5. The van der Waals surface area contributed by atoms with Gasteiger partial charge in [-0.3, -0.25) is 14.5 Å². The largest absolute Gasteiger partial charge is 0.369 e. The quantitative estimate of drug-likeness (QED) is 0.687. The van der Waals surface area contributed by atoms with E-state index in [0.717, 1.165) is 26.2 Å². The molecule has 0 saturated carbocycles. The number of anilines is 2. The van der Waals surface area contributed by atoms with Crippen LogP contribution in [0.4, 0.5) is 11.4 Å². The zero-order chi connectivity index (χ0) is 20.7. The first-order valence-electron chi connectivity index (χ1n) is 9.74. The highest BCUT2D eigenvalue weighted by molar-refractivity contribution is 6.44. The molecule has 1 atom stereocenters. The van der Waals surface area contributed by atoms with Gasteiger partial charge in [0.25, 0.3) is 5.91 Å². The summed E-state index contributed by atoms with van der Waals surface area (Å²) in [5, 5.41) is 0.562. The van der Waals surface area contributed by atoms with E-state index in [1.807, 2.05) is 0 Å². The van der Waals surface area contributed by atoms with Gasteiger partial charge in [-0.1, -0.05) is 41.4 Å². The van der Waals surface area contributed by atoms with Crippen molar-refractivity contribution < 1.29 is 9.59 Å². The molecule has 0 spiro atoms. The van der Waals surface area contributed by atoms with Gasteiger partial charge in [-0.25, -0.2) is 4.90 Å². The second kappa shape index (κ2) is 7.98. The first-order chi connectivity index (χ1) is 13.9. The lowest BCUT2D eigenvalue weighted by molar-refractivity contribution is -0.123. The van der Waals surface area contributed by atoms with Crippen molar-refractivity contribution in [1.82, 2.24) is 4.90 Å². The smallest absolute Gasteiger partial charge is 0.251 e. The Balaban J connectivity index is 1.48. The standard InChI is InChI=1S/C22H23Cl2N3O2/c1-14-5-3-7-17(15(14)2)25-9-11-26(12-10-25)19-13-20(28)27(22(19)29)18-8-4-6-16(23)21(18)24/h3-8,19H,9-13H2,1-2H3/t19-/m1/s1. The monoisotopic (exact) mass is 431 g/mol. The summed E-state index contributed by atoms with van der Waals surface area (Å²) in [5.41, 5.74) is 4.17. The number of hydrogen-bond acceptors (Lipinski definition) is 4. The summed E-state index contributed by atoms with van der Waals surface area (Å²) in [6.45, 7) is 7.36.